The van der Waals surface area contributed by atoms with Gasteiger partial charge in [-0.15, -0.1) is 0 Å². The monoisotopic (exact) mass is 242 g/mol. The minimum Gasteiger partial charge on any atom is -0.480 e. The Hall–Kier alpha value is -0.610. The van der Waals surface area contributed by atoms with Crippen LogP contribution in [-0.4, -0.2) is 47.2 Å². The van der Waals surface area contributed by atoms with Crippen molar-refractivity contribution in [1.82, 2.24) is 10.2 Å². The van der Waals surface area contributed by atoms with Crippen molar-refractivity contribution < 1.29 is 9.90 Å². The van der Waals surface area contributed by atoms with E-state index in [0.29, 0.717) is 19.1 Å². The van der Waals surface area contributed by atoms with Gasteiger partial charge in [0.2, 0.25) is 0 Å². The maximum absolute atomic E-state index is 11.4. The van der Waals surface area contributed by atoms with E-state index >= 15 is 0 Å². The molecular formula is C13H26N2O2. The first-order valence-corrected chi connectivity index (χ1v) is 6.72. The molecule has 17 heavy (non-hydrogen) atoms. The highest BCUT2D eigenvalue weighted by Gasteiger charge is 2.35. The molecule has 2 atom stereocenters. The lowest BCUT2D eigenvalue weighted by Crippen LogP contribution is -2.58. The van der Waals surface area contributed by atoms with Crippen molar-refractivity contribution in [3.8, 4) is 0 Å². The predicted molar refractivity (Wildman–Crippen MR) is 69.2 cm³/mol. The number of aliphatic carboxylic acids is 1. The van der Waals surface area contributed by atoms with Crippen LogP contribution in [0.2, 0.25) is 0 Å². The molecule has 2 N–H and O–H groups in total. The second-order valence-corrected chi connectivity index (χ2v) is 5.34. The third-order valence-corrected chi connectivity index (χ3v) is 3.75. The Morgan fingerprint density at radius 3 is 2.76 bits per heavy atom. The summed E-state index contributed by atoms with van der Waals surface area (Å²) in [6.45, 7) is 8.25. The average Bonchev–Trinajstić information content (AvgIpc) is 2.44. The van der Waals surface area contributed by atoms with Crippen molar-refractivity contribution in [1.29, 1.82) is 0 Å². The minimum absolute atomic E-state index is 0.495. The largest absolute Gasteiger partial charge is 0.480 e. The molecule has 0 radical (unpaired) electrons. The van der Waals surface area contributed by atoms with Crippen molar-refractivity contribution in [2.24, 2.45) is 0 Å². The van der Waals surface area contributed by atoms with Gasteiger partial charge in [-0.3, -0.25) is 9.69 Å². The van der Waals surface area contributed by atoms with Gasteiger partial charge in [-0.25, -0.2) is 0 Å². The fourth-order valence-electron chi connectivity index (χ4n) is 2.56. The van der Waals surface area contributed by atoms with Crippen molar-refractivity contribution in [3.63, 3.8) is 0 Å². The summed E-state index contributed by atoms with van der Waals surface area (Å²) in [5, 5.41) is 12.5. The topological polar surface area (TPSA) is 52.6 Å². The Bertz CT molecular complexity index is 258. The van der Waals surface area contributed by atoms with E-state index in [9.17, 15) is 9.90 Å². The molecule has 1 rings (SSSR count). The number of hydrogen-bond acceptors (Lipinski definition) is 3. The molecule has 4 nitrogen and oxygen atoms in total. The van der Waals surface area contributed by atoms with Crippen LogP contribution < -0.4 is 5.32 Å². The molecule has 4 heteroatoms. The Balaban J connectivity index is 2.67. The van der Waals surface area contributed by atoms with E-state index in [1.54, 1.807) is 6.92 Å². The molecule has 0 bridgehead atoms. The third-order valence-electron chi connectivity index (χ3n) is 3.75. The van der Waals surface area contributed by atoms with Crippen LogP contribution >= 0.6 is 0 Å². The van der Waals surface area contributed by atoms with Gasteiger partial charge < -0.3 is 10.4 Å². The van der Waals surface area contributed by atoms with Crippen LogP contribution in [0, 0.1) is 0 Å². The van der Waals surface area contributed by atoms with E-state index in [0.717, 1.165) is 6.54 Å². The smallest absolute Gasteiger partial charge is 0.324 e. The highest BCUT2D eigenvalue weighted by atomic mass is 16.4. The van der Waals surface area contributed by atoms with Crippen LogP contribution in [0.1, 0.15) is 46.5 Å². The van der Waals surface area contributed by atoms with Gasteiger partial charge in [-0.05, 0) is 39.8 Å². The number of carboxylic acids is 1. The molecule has 0 spiro atoms. The van der Waals surface area contributed by atoms with Gasteiger partial charge >= 0.3 is 5.97 Å². The van der Waals surface area contributed by atoms with Gasteiger partial charge in [0, 0.05) is 12.6 Å². The summed E-state index contributed by atoms with van der Waals surface area (Å²) < 4.78 is 0. The van der Waals surface area contributed by atoms with E-state index in [4.69, 9.17) is 0 Å². The number of nitrogens with one attached hydrogen (secondary N) is 1. The quantitative estimate of drug-likeness (QED) is 0.770. The molecule has 100 valence electrons. The SMILES string of the molecule is CCNC(C)(CN1CCCCCC1C)C(=O)O. The van der Waals surface area contributed by atoms with Gasteiger partial charge in [-0.2, -0.15) is 0 Å². The molecule has 1 aliphatic rings. The molecule has 1 fully saturated rings. The summed E-state index contributed by atoms with van der Waals surface area (Å²) >= 11 is 0. The summed E-state index contributed by atoms with van der Waals surface area (Å²) in [6.07, 6.45) is 4.91. The minimum atomic E-state index is -0.826. The molecular weight excluding hydrogens is 216 g/mol. The van der Waals surface area contributed by atoms with Crippen LogP contribution in [0.15, 0.2) is 0 Å². The van der Waals surface area contributed by atoms with E-state index in [-0.39, 0.29) is 0 Å². The summed E-state index contributed by atoms with van der Waals surface area (Å²) in [6, 6.07) is 0.495. The molecule has 0 aromatic carbocycles. The van der Waals surface area contributed by atoms with E-state index in [2.05, 4.69) is 17.1 Å². The second kappa shape index (κ2) is 6.36. The number of rotatable bonds is 5. The lowest BCUT2D eigenvalue weighted by atomic mass is 10.0. The first-order chi connectivity index (χ1) is 7.99. The van der Waals surface area contributed by atoms with Crippen molar-refractivity contribution in [2.45, 2.75) is 58.0 Å². The normalized spacial score (nSPS) is 26.2. The number of likely N-dealkylation sites (N-methyl/N-ethyl adjacent to an activating group) is 1. The van der Waals surface area contributed by atoms with E-state index in [1.165, 1.54) is 25.7 Å². The van der Waals surface area contributed by atoms with Crippen molar-refractivity contribution >= 4 is 5.97 Å². The Morgan fingerprint density at radius 1 is 1.47 bits per heavy atom. The van der Waals surface area contributed by atoms with Crippen LogP contribution in [0.5, 0.6) is 0 Å². The zero-order chi connectivity index (χ0) is 12.9. The van der Waals surface area contributed by atoms with Gasteiger partial charge in [0.25, 0.3) is 0 Å². The third kappa shape index (κ3) is 3.96. The predicted octanol–water partition coefficient (Wildman–Crippen LogP) is 1.70. The van der Waals surface area contributed by atoms with Crippen LogP contribution in [0.3, 0.4) is 0 Å². The Labute approximate surface area is 104 Å². The number of carbonyl (C=O) groups is 1. The van der Waals surface area contributed by atoms with Gasteiger partial charge in [0.1, 0.15) is 5.54 Å². The molecule has 1 aliphatic heterocycles. The van der Waals surface area contributed by atoms with Gasteiger partial charge in [0.15, 0.2) is 0 Å². The molecule has 2 unspecified atom stereocenters. The highest BCUT2D eigenvalue weighted by molar-refractivity contribution is 5.78. The highest BCUT2D eigenvalue weighted by Crippen LogP contribution is 2.19. The zero-order valence-electron chi connectivity index (χ0n) is 11.3. The van der Waals surface area contributed by atoms with Gasteiger partial charge in [-0.1, -0.05) is 19.8 Å². The standard InChI is InChI=1S/C13H26N2O2/c1-4-14-13(3,12(16)17)10-15-9-7-5-6-8-11(15)2/h11,14H,4-10H2,1-3H3,(H,16,17). The van der Waals surface area contributed by atoms with Crippen LogP contribution in [0.4, 0.5) is 0 Å². The summed E-state index contributed by atoms with van der Waals surface area (Å²) in [5.74, 6) is -0.754. The first kappa shape index (κ1) is 14.5. The lowest BCUT2D eigenvalue weighted by Gasteiger charge is -2.35. The molecule has 0 amide bonds. The number of carboxylic acid groups (broad SMARTS) is 1. The summed E-state index contributed by atoms with van der Waals surface area (Å²) in [4.78, 5) is 13.7. The average molecular weight is 242 g/mol. The lowest BCUT2D eigenvalue weighted by molar-refractivity contribution is -0.145. The molecule has 0 saturated carbocycles. The second-order valence-electron chi connectivity index (χ2n) is 5.34. The molecule has 1 saturated heterocycles. The van der Waals surface area contributed by atoms with Crippen molar-refractivity contribution in [2.75, 3.05) is 19.6 Å². The number of hydrogen-bond donors (Lipinski definition) is 2. The maximum atomic E-state index is 11.4. The maximum Gasteiger partial charge on any atom is 0.324 e. The fraction of sp³-hybridized carbons (Fsp3) is 0.923. The summed E-state index contributed by atoms with van der Waals surface area (Å²) in [7, 11) is 0. The number of nitrogens with zero attached hydrogens (tertiary/aromatic N) is 1. The Morgan fingerprint density at radius 2 is 2.18 bits per heavy atom. The van der Waals surface area contributed by atoms with Crippen molar-refractivity contribution in [3.05, 3.63) is 0 Å². The van der Waals surface area contributed by atoms with E-state index in [1.807, 2.05) is 6.92 Å². The number of likely N-dealkylation sites (tertiary alicyclic amines) is 1. The van der Waals surface area contributed by atoms with Gasteiger partial charge in [0.05, 0.1) is 0 Å². The Kier molecular flexibility index (Phi) is 5.40. The summed E-state index contributed by atoms with van der Waals surface area (Å²) in [5.41, 5.74) is -0.826. The fourth-order valence-corrected chi connectivity index (χ4v) is 2.56. The molecule has 0 aliphatic carbocycles. The first-order valence-electron chi connectivity index (χ1n) is 6.72. The van der Waals surface area contributed by atoms with Crippen LogP contribution in [0.25, 0.3) is 0 Å². The molecule has 1 heterocycles. The van der Waals surface area contributed by atoms with Crippen LogP contribution in [-0.2, 0) is 4.79 Å². The molecule has 0 aromatic heterocycles. The van der Waals surface area contributed by atoms with E-state index < -0.39 is 11.5 Å². The zero-order valence-corrected chi connectivity index (χ0v) is 11.3. The molecule has 0 aromatic rings.